The van der Waals surface area contributed by atoms with Gasteiger partial charge in [-0.25, -0.2) is 11.6 Å². The quantitative estimate of drug-likeness (QED) is 0.246. The zero-order valence-corrected chi connectivity index (χ0v) is 23.3. The first-order chi connectivity index (χ1) is 19.6. The van der Waals surface area contributed by atoms with Crippen LogP contribution in [0.25, 0.3) is 37.2 Å². The van der Waals surface area contributed by atoms with Crippen molar-refractivity contribution in [3.63, 3.8) is 0 Å². The fourth-order valence-corrected chi connectivity index (χ4v) is 6.54. The van der Waals surface area contributed by atoms with Crippen LogP contribution in [0.15, 0.2) is 54.4 Å². The number of aromatic nitrogens is 3. The molecule has 4 aromatic rings. The Balaban J connectivity index is 1.39. The highest BCUT2D eigenvalue weighted by Gasteiger charge is 2.33. The average Bonchev–Trinajstić information content (AvgIpc) is 3.63. The van der Waals surface area contributed by atoms with Crippen LogP contribution in [-0.2, 0) is 4.79 Å². The Labute approximate surface area is 237 Å². The van der Waals surface area contributed by atoms with E-state index >= 15 is 0 Å². The van der Waals surface area contributed by atoms with Crippen molar-refractivity contribution in [2.24, 2.45) is 0 Å². The molecule has 2 saturated heterocycles. The molecule has 40 heavy (non-hydrogen) atoms. The maximum Gasteiger partial charge on any atom is 0.320 e. The van der Waals surface area contributed by atoms with Crippen LogP contribution in [0.5, 0.6) is 6.01 Å². The molecule has 2 aliphatic rings. The summed E-state index contributed by atoms with van der Waals surface area (Å²) in [6, 6.07) is 12.8. The lowest BCUT2D eigenvalue weighted by Crippen LogP contribution is -2.56. The van der Waals surface area contributed by atoms with Gasteiger partial charge < -0.3 is 24.3 Å². The third-order valence-electron chi connectivity index (χ3n) is 7.91. The van der Waals surface area contributed by atoms with Crippen LogP contribution in [0.2, 0.25) is 0 Å². The molecule has 10 heteroatoms. The normalized spacial score (nSPS) is 19.7. The van der Waals surface area contributed by atoms with Gasteiger partial charge in [0.1, 0.15) is 18.5 Å². The van der Waals surface area contributed by atoms with Crippen molar-refractivity contribution in [3.05, 3.63) is 65.9 Å². The number of hydrogen-bond donors (Lipinski definition) is 0. The zero-order valence-electron chi connectivity index (χ0n) is 22.5. The molecular formula is C30H31N7O2S. The van der Waals surface area contributed by atoms with Crippen LogP contribution in [0.1, 0.15) is 12.8 Å². The van der Waals surface area contributed by atoms with Gasteiger partial charge in [-0.3, -0.25) is 4.79 Å². The van der Waals surface area contributed by atoms with Gasteiger partial charge in [-0.2, -0.15) is 9.97 Å². The van der Waals surface area contributed by atoms with Crippen molar-refractivity contribution >= 4 is 44.2 Å². The molecule has 0 bridgehead atoms. The van der Waals surface area contributed by atoms with Gasteiger partial charge in [0.2, 0.25) is 12.5 Å². The largest absolute Gasteiger partial charge is 0.462 e. The van der Waals surface area contributed by atoms with Crippen LogP contribution in [0.4, 0.5) is 5.82 Å². The molecule has 0 radical (unpaired) electrons. The number of nitrogens with zero attached hydrogens (tertiary/aromatic N) is 7. The minimum absolute atomic E-state index is 0.153. The Kier molecular flexibility index (Phi) is 7.32. The van der Waals surface area contributed by atoms with E-state index in [0.717, 1.165) is 36.0 Å². The van der Waals surface area contributed by atoms with Crippen LogP contribution >= 0.6 is 11.3 Å². The Morgan fingerprint density at radius 1 is 1.15 bits per heavy atom. The maximum atomic E-state index is 12.5. The molecule has 0 aliphatic carbocycles. The van der Waals surface area contributed by atoms with Gasteiger partial charge >= 0.3 is 6.01 Å². The van der Waals surface area contributed by atoms with E-state index in [4.69, 9.17) is 26.3 Å². The minimum atomic E-state index is -0.262. The van der Waals surface area contributed by atoms with E-state index in [2.05, 4.69) is 57.9 Å². The number of likely N-dealkylation sites (N-methyl/N-ethyl adjacent to an activating group) is 1. The number of likely N-dealkylation sites (tertiary alicyclic amines) is 1. The van der Waals surface area contributed by atoms with Gasteiger partial charge in [0, 0.05) is 41.3 Å². The van der Waals surface area contributed by atoms with Crippen LogP contribution in [-0.4, -0.2) is 89.1 Å². The number of benzene rings is 1. The second kappa shape index (κ2) is 11.2. The second-order valence-electron chi connectivity index (χ2n) is 10.3. The monoisotopic (exact) mass is 553 g/mol. The summed E-state index contributed by atoms with van der Waals surface area (Å²) in [7, 11) is 2.12. The van der Waals surface area contributed by atoms with Crippen molar-refractivity contribution in [1.29, 1.82) is 0 Å². The number of ether oxygens (including phenoxy) is 1. The predicted octanol–water partition coefficient (Wildman–Crippen LogP) is 4.50. The van der Waals surface area contributed by atoms with E-state index < -0.39 is 0 Å². The molecule has 5 heterocycles. The van der Waals surface area contributed by atoms with Crippen LogP contribution < -0.4 is 9.64 Å². The number of carbonyl (C=O) groups is 1. The third kappa shape index (κ3) is 4.98. The Morgan fingerprint density at radius 2 is 2.05 bits per heavy atom. The number of pyridine rings is 1. The molecule has 1 amide bonds. The first-order valence-electron chi connectivity index (χ1n) is 13.6. The summed E-state index contributed by atoms with van der Waals surface area (Å²) in [5.41, 5.74) is 2.47. The highest BCUT2D eigenvalue weighted by molar-refractivity contribution is 7.17. The number of carbonyl (C=O) groups excluding carboxylic acids is 1. The lowest BCUT2D eigenvalue weighted by molar-refractivity contribution is -0.128. The molecule has 0 unspecified atom stereocenters. The van der Waals surface area contributed by atoms with Gasteiger partial charge in [0.15, 0.2) is 5.65 Å². The van der Waals surface area contributed by atoms with Gasteiger partial charge in [0.25, 0.3) is 0 Å². The van der Waals surface area contributed by atoms with E-state index in [-0.39, 0.29) is 18.5 Å². The van der Waals surface area contributed by atoms with Crippen molar-refractivity contribution in [2.45, 2.75) is 24.9 Å². The Bertz CT molecular complexity index is 1610. The van der Waals surface area contributed by atoms with Crippen molar-refractivity contribution in [3.8, 4) is 17.3 Å². The predicted molar refractivity (Wildman–Crippen MR) is 159 cm³/mol. The van der Waals surface area contributed by atoms with Crippen molar-refractivity contribution < 1.29 is 9.53 Å². The maximum absolute atomic E-state index is 12.5. The summed E-state index contributed by atoms with van der Waals surface area (Å²) in [5.74, 6) is 0.563. The fourth-order valence-electron chi connectivity index (χ4n) is 5.72. The number of anilines is 1. The molecule has 1 aromatic carbocycles. The Morgan fingerprint density at radius 3 is 2.85 bits per heavy atom. The number of thiophene rings is 1. The van der Waals surface area contributed by atoms with Gasteiger partial charge in [-0.1, -0.05) is 18.7 Å². The molecule has 0 spiro atoms. The smallest absolute Gasteiger partial charge is 0.320 e. The molecular weight excluding hydrogens is 522 g/mol. The van der Waals surface area contributed by atoms with E-state index in [9.17, 15) is 4.79 Å². The minimum Gasteiger partial charge on any atom is -0.462 e. The topological polar surface area (TPSA) is 79.1 Å². The lowest BCUT2D eigenvalue weighted by Gasteiger charge is -2.39. The summed E-state index contributed by atoms with van der Waals surface area (Å²) in [6.45, 7) is 14.4. The average molecular weight is 554 g/mol. The molecule has 2 fully saturated rings. The molecule has 204 valence electrons. The standard InChI is InChI=1S/C30H31N7O2S/c1-4-27(38)37-15-14-36(18-21(37)17-31-2)29-24-10-11-25(22-8-5-9-26-23(22)12-16-40-26)32-28(24)33-30(34-29)39-19-20-7-6-13-35(20)3/h4-5,8-12,16,20-21H,1,6-7,13-15,17-19H2,3H3/t20-,21-/m0/s1. The molecule has 0 N–H and O–H groups in total. The fraction of sp³-hybridized carbons (Fsp3) is 0.367. The highest BCUT2D eigenvalue weighted by Crippen LogP contribution is 2.34. The molecule has 0 saturated carbocycles. The molecule has 2 aliphatic heterocycles. The zero-order chi connectivity index (χ0) is 27.6. The number of rotatable bonds is 7. The van der Waals surface area contributed by atoms with Crippen LogP contribution in [0, 0.1) is 6.57 Å². The lowest BCUT2D eigenvalue weighted by atomic mass is 10.1. The second-order valence-corrected chi connectivity index (χ2v) is 11.2. The number of hydrogen-bond acceptors (Lipinski definition) is 8. The first kappa shape index (κ1) is 26.2. The van der Waals surface area contributed by atoms with E-state index in [1.807, 2.05) is 12.1 Å². The first-order valence-corrected chi connectivity index (χ1v) is 14.4. The number of fused-ring (bicyclic) bond motifs is 2. The van der Waals surface area contributed by atoms with Gasteiger partial charge in [-0.15, -0.1) is 11.3 Å². The summed E-state index contributed by atoms with van der Waals surface area (Å²) in [4.78, 5) is 36.9. The number of piperazine rings is 1. The van der Waals surface area contributed by atoms with E-state index in [1.54, 1.807) is 16.2 Å². The van der Waals surface area contributed by atoms with Gasteiger partial charge in [0.05, 0.1) is 11.1 Å². The summed E-state index contributed by atoms with van der Waals surface area (Å²) < 4.78 is 7.41. The molecule has 3 aromatic heterocycles. The van der Waals surface area contributed by atoms with E-state index in [1.165, 1.54) is 16.2 Å². The summed E-state index contributed by atoms with van der Waals surface area (Å²) in [5, 5.41) is 4.08. The highest BCUT2D eigenvalue weighted by atomic mass is 32.1. The van der Waals surface area contributed by atoms with Gasteiger partial charge in [-0.05, 0) is 62.2 Å². The van der Waals surface area contributed by atoms with Crippen molar-refractivity contribution in [1.82, 2.24) is 24.8 Å². The Hall–Kier alpha value is -4.07. The molecule has 2 atom stereocenters. The SMILES string of the molecule is [C-]#[N+]C[C@H]1CN(c2nc(OC[C@@H]3CCCN3C)nc3nc(-c4cccc5sccc45)ccc23)CCN1C(=O)C=C. The molecule has 6 rings (SSSR count). The number of amides is 1. The van der Waals surface area contributed by atoms with Crippen LogP contribution in [0.3, 0.4) is 0 Å². The summed E-state index contributed by atoms with van der Waals surface area (Å²) >= 11 is 1.71. The summed E-state index contributed by atoms with van der Waals surface area (Å²) in [6.07, 6.45) is 3.56. The molecule has 9 nitrogen and oxygen atoms in total. The van der Waals surface area contributed by atoms with E-state index in [0.29, 0.717) is 49.8 Å². The van der Waals surface area contributed by atoms with Crippen molar-refractivity contribution in [2.75, 3.05) is 51.3 Å². The third-order valence-corrected chi connectivity index (χ3v) is 8.79.